The van der Waals surface area contributed by atoms with E-state index in [0.717, 1.165) is 0 Å². The molecule has 0 atom stereocenters. The van der Waals surface area contributed by atoms with Gasteiger partial charge >= 0.3 is 0 Å². The second-order valence-corrected chi connectivity index (χ2v) is 5.15. The molecular weight excluding hydrogens is 313 g/mol. The van der Waals surface area contributed by atoms with Crippen molar-refractivity contribution in [3.8, 4) is 28.5 Å². The monoisotopic (exact) mass is 329 g/mol. The summed E-state index contributed by atoms with van der Waals surface area (Å²) in [6.45, 7) is 0. The molecule has 0 aliphatic heterocycles. The zero-order chi connectivity index (χ0) is 17.3. The van der Waals surface area contributed by atoms with E-state index in [1.807, 2.05) is 0 Å². The van der Waals surface area contributed by atoms with E-state index < -0.39 is 5.82 Å². The molecule has 1 N–H and O–H groups in total. The maximum atomic E-state index is 13.9. The van der Waals surface area contributed by atoms with Gasteiger partial charge in [-0.1, -0.05) is 0 Å². The predicted octanol–water partition coefficient (Wildman–Crippen LogP) is 3.36. The lowest BCUT2D eigenvalue weighted by Crippen LogP contribution is -2.04. The minimum atomic E-state index is -0.497. The number of ether oxygens (including phenoxy) is 3. The Balaban J connectivity index is 2.20. The van der Waals surface area contributed by atoms with Crippen LogP contribution in [-0.4, -0.2) is 26.3 Å². The highest BCUT2D eigenvalue weighted by Gasteiger charge is 2.12. The highest BCUT2D eigenvalue weighted by atomic mass is 19.1. The minimum Gasteiger partial charge on any atom is -0.494 e. The van der Waals surface area contributed by atoms with Gasteiger partial charge in [-0.05, 0) is 24.3 Å². The van der Waals surface area contributed by atoms with Gasteiger partial charge in [0, 0.05) is 28.8 Å². The van der Waals surface area contributed by atoms with Gasteiger partial charge in [-0.2, -0.15) is 0 Å². The molecule has 5 nitrogen and oxygen atoms in total. The fraction of sp³-hybridized carbons (Fsp3) is 0.167. The van der Waals surface area contributed by atoms with Crippen LogP contribution in [-0.2, 0) is 0 Å². The number of aromatic nitrogens is 1. The maximum Gasteiger partial charge on any atom is 0.190 e. The number of halogens is 1. The van der Waals surface area contributed by atoms with Crippen LogP contribution >= 0.6 is 0 Å². The van der Waals surface area contributed by atoms with Crippen molar-refractivity contribution in [2.24, 2.45) is 0 Å². The van der Waals surface area contributed by atoms with Crippen molar-refractivity contribution in [3.05, 3.63) is 52.4 Å². The lowest BCUT2D eigenvalue weighted by molar-refractivity contribution is 0.356. The van der Waals surface area contributed by atoms with Crippen LogP contribution in [0.4, 0.5) is 4.39 Å². The van der Waals surface area contributed by atoms with E-state index >= 15 is 0 Å². The fourth-order valence-corrected chi connectivity index (χ4v) is 2.57. The van der Waals surface area contributed by atoms with Crippen LogP contribution in [0.3, 0.4) is 0 Å². The summed E-state index contributed by atoms with van der Waals surface area (Å²) in [5.74, 6) is 0.619. The third-order valence-corrected chi connectivity index (χ3v) is 3.80. The molecule has 3 aromatic rings. The molecule has 24 heavy (non-hydrogen) atoms. The Morgan fingerprint density at radius 3 is 2.17 bits per heavy atom. The van der Waals surface area contributed by atoms with Gasteiger partial charge in [0.1, 0.15) is 0 Å². The van der Waals surface area contributed by atoms with Crippen molar-refractivity contribution in [3.63, 3.8) is 0 Å². The van der Waals surface area contributed by atoms with Gasteiger partial charge in [0.15, 0.2) is 28.5 Å². The van der Waals surface area contributed by atoms with Crippen molar-refractivity contribution in [1.29, 1.82) is 0 Å². The number of benzene rings is 2. The Morgan fingerprint density at radius 2 is 1.54 bits per heavy atom. The first kappa shape index (κ1) is 15.9. The molecule has 3 rings (SSSR count). The van der Waals surface area contributed by atoms with Gasteiger partial charge in [-0.3, -0.25) is 4.79 Å². The lowest BCUT2D eigenvalue weighted by Gasteiger charge is -2.11. The molecule has 1 aromatic heterocycles. The Hall–Kier alpha value is -3.02. The van der Waals surface area contributed by atoms with Gasteiger partial charge in [0.2, 0.25) is 0 Å². The molecule has 0 unspecified atom stereocenters. The molecule has 0 saturated carbocycles. The maximum absolute atomic E-state index is 13.9. The lowest BCUT2D eigenvalue weighted by atomic mass is 10.1. The van der Waals surface area contributed by atoms with Gasteiger partial charge in [-0.15, -0.1) is 0 Å². The molecule has 0 spiro atoms. The summed E-state index contributed by atoms with van der Waals surface area (Å²) in [5, 5.41) is 0.463. The summed E-state index contributed by atoms with van der Waals surface area (Å²) >= 11 is 0. The number of methoxy groups -OCH3 is 3. The van der Waals surface area contributed by atoms with E-state index in [4.69, 9.17) is 14.2 Å². The van der Waals surface area contributed by atoms with Crippen molar-refractivity contribution >= 4 is 10.9 Å². The van der Waals surface area contributed by atoms with Crippen molar-refractivity contribution in [1.82, 2.24) is 4.98 Å². The van der Waals surface area contributed by atoms with E-state index in [0.29, 0.717) is 33.7 Å². The van der Waals surface area contributed by atoms with E-state index in [-0.39, 0.29) is 11.2 Å². The van der Waals surface area contributed by atoms with Crippen LogP contribution in [0.2, 0.25) is 0 Å². The van der Waals surface area contributed by atoms with E-state index in [2.05, 4.69) is 4.98 Å². The Morgan fingerprint density at radius 1 is 0.875 bits per heavy atom. The zero-order valence-corrected chi connectivity index (χ0v) is 13.5. The van der Waals surface area contributed by atoms with Gasteiger partial charge in [0.25, 0.3) is 0 Å². The molecule has 124 valence electrons. The number of hydrogen-bond acceptors (Lipinski definition) is 4. The Bertz CT molecular complexity index is 965. The van der Waals surface area contributed by atoms with E-state index in [1.54, 1.807) is 18.2 Å². The summed E-state index contributed by atoms with van der Waals surface area (Å²) in [4.78, 5) is 15.5. The van der Waals surface area contributed by atoms with Crippen LogP contribution in [0, 0.1) is 5.82 Å². The first-order valence-electron chi connectivity index (χ1n) is 7.20. The van der Waals surface area contributed by atoms with Crippen LogP contribution in [0.15, 0.2) is 41.2 Å². The third kappa shape index (κ3) is 2.67. The molecule has 0 saturated heterocycles. The van der Waals surface area contributed by atoms with Crippen LogP contribution in [0.5, 0.6) is 17.2 Å². The predicted molar refractivity (Wildman–Crippen MR) is 89.6 cm³/mol. The quantitative estimate of drug-likeness (QED) is 0.797. The van der Waals surface area contributed by atoms with Gasteiger partial charge in [-0.25, -0.2) is 4.39 Å². The summed E-state index contributed by atoms with van der Waals surface area (Å²) in [5.41, 5.74) is 1.42. The number of H-pyrrole nitrogens is 1. The second kappa shape index (κ2) is 6.23. The Kier molecular flexibility index (Phi) is 4.12. The molecule has 2 aromatic carbocycles. The second-order valence-electron chi connectivity index (χ2n) is 5.15. The summed E-state index contributed by atoms with van der Waals surface area (Å²) < 4.78 is 29.3. The molecule has 0 radical (unpaired) electrons. The molecule has 0 fully saturated rings. The fourth-order valence-electron chi connectivity index (χ4n) is 2.57. The normalized spacial score (nSPS) is 10.7. The van der Waals surface area contributed by atoms with Crippen molar-refractivity contribution in [2.75, 3.05) is 21.3 Å². The first-order chi connectivity index (χ1) is 11.6. The molecule has 0 amide bonds. The average Bonchev–Trinajstić information content (AvgIpc) is 2.60. The van der Waals surface area contributed by atoms with E-state index in [9.17, 15) is 9.18 Å². The first-order valence-corrected chi connectivity index (χ1v) is 7.20. The number of nitrogens with one attached hydrogen (secondary N) is 1. The van der Waals surface area contributed by atoms with Crippen LogP contribution in [0.1, 0.15) is 0 Å². The standard InChI is InChI=1S/C18H16FNO4/c1-22-16-5-4-10(6-12(16)19)13-8-15(21)11-7-17(23-2)18(24-3)9-14(11)20-13/h4-9H,1-3H3,(H,20,21). The molecule has 0 aliphatic carbocycles. The molecule has 0 bridgehead atoms. The number of fused-ring (bicyclic) bond motifs is 1. The number of hydrogen-bond donors (Lipinski definition) is 1. The largest absolute Gasteiger partial charge is 0.494 e. The van der Waals surface area contributed by atoms with Crippen LogP contribution < -0.4 is 19.6 Å². The average molecular weight is 329 g/mol. The smallest absolute Gasteiger partial charge is 0.190 e. The molecule has 0 aliphatic rings. The summed E-state index contributed by atoms with van der Waals surface area (Å²) in [6.07, 6.45) is 0. The van der Waals surface area contributed by atoms with Gasteiger partial charge < -0.3 is 19.2 Å². The highest BCUT2D eigenvalue weighted by molar-refractivity contribution is 5.85. The number of rotatable bonds is 4. The molecule has 1 heterocycles. The molecule has 6 heteroatoms. The Labute approximate surface area is 137 Å². The van der Waals surface area contributed by atoms with Crippen LogP contribution in [0.25, 0.3) is 22.2 Å². The van der Waals surface area contributed by atoms with Crippen molar-refractivity contribution in [2.45, 2.75) is 0 Å². The third-order valence-electron chi connectivity index (χ3n) is 3.80. The SMILES string of the molecule is COc1ccc(-c2cc(=O)c3cc(OC)c(OC)cc3[nH]2)cc1F. The van der Waals surface area contributed by atoms with Gasteiger partial charge in [0.05, 0.1) is 26.8 Å². The summed E-state index contributed by atoms with van der Waals surface area (Å²) in [6, 6.07) is 9.23. The summed E-state index contributed by atoms with van der Waals surface area (Å²) in [7, 11) is 4.42. The van der Waals surface area contributed by atoms with E-state index in [1.165, 1.54) is 39.5 Å². The minimum absolute atomic E-state index is 0.147. The van der Waals surface area contributed by atoms with Crippen molar-refractivity contribution < 1.29 is 18.6 Å². The molecular formula is C18H16FNO4. The topological polar surface area (TPSA) is 60.6 Å². The highest BCUT2D eigenvalue weighted by Crippen LogP contribution is 2.31. The number of pyridine rings is 1. The number of aromatic amines is 1. The zero-order valence-electron chi connectivity index (χ0n) is 13.5.